The maximum Gasteiger partial charge on any atom is 0.256 e. The van der Waals surface area contributed by atoms with Crippen LogP contribution in [0.25, 0.3) is 0 Å². The van der Waals surface area contributed by atoms with E-state index in [4.69, 9.17) is 9.47 Å². The van der Waals surface area contributed by atoms with Crippen molar-refractivity contribution in [1.29, 1.82) is 5.26 Å². The Morgan fingerprint density at radius 2 is 2.00 bits per heavy atom. The van der Waals surface area contributed by atoms with Gasteiger partial charge in [-0.2, -0.15) is 5.26 Å². The normalized spacial score (nSPS) is 15.3. The molecule has 2 aromatic rings. The average Bonchev–Trinajstić information content (AvgIpc) is 3.11. The molecular weight excluding hydrogens is 324 g/mol. The maximum absolute atomic E-state index is 12.6. The molecule has 2 aliphatic rings. The van der Waals surface area contributed by atoms with Crippen molar-refractivity contribution in [3.63, 3.8) is 0 Å². The van der Waals surface area contributed by atoms with Crippen LogP contribution in [0.3, 0.4) is 0 Å². The van der Waals surface area contributed by atoms with Crippen molar-refractivity contribution >= 4 is 22.2 Å². The Morgan fingerprint density at radius 3 is 2.88 bits per heavy atom. The van der Waals surface area contributed by atoms with Gasteiger partial charge in [0.1, 0.15) is 11.1 Å². The average molecular weight is 340 g/mol. The van der Waals surface area contributed by atoms with Crippen LogP contribution in [-0.4, -0.2) is 12.7 Å². The Hall–Kier alpha value is -2.52. The number of hydrogen-bond donors (Lipinski definition) is 1. The fourth-order valence-corrected chi connectivity index (χ4v) is 4.40. The van der Waals surface area contributed by atoms with Gasteiger partial charge in [-0.25, -0.2) is 0 Å². The number of nitrogens with zero attached hydrogens (tertiary/aromatic N) is 1. The summed E-state index contributed by atoms with van der Waals surface area (Å²) >= 11 is 1.54. The molecule has 0 saturated carbocycles. The molecule has 122 valence electrons. The third-order valence-electron chi connectivity index (χ3n) is 4.39. The van der Waals surface area contributed by atoms with Crippen molar-refractivity contribution in [2.24, 2.45) is 0 Å². The molecule has 1 aromatic heterocycles. The predicted octanol–water partition coefficient (Wildman–Crippen LogP) is 3.87. The Labute approximate surface area is 143 Å². The van der Waals surface area contributed by atoms with Crippen LogP contribution in [0, 0.1) is 11.3 Å². The van der Waals surface area contributed by atoms with Crippen LogP contribution in [0.15, 0.2) is 18.2 Å². The monoisotopic (exact) mass is 340 g/mol. The molecule has 1 N–H and O–H groups in total. The lowest BCUT2D eigenvalue weighted by Crippen LogP contribution is -2.11. The summed E-state index contributed by atoms with van der Waals surface area (Å²) in [6, 6.07) is 7.38. The Bertz CT molecular complexity index is 851. The SMILES string of the molecule is N#Cc1c(NC(=O)c2ccc3c(c2)OCO3)sc2c1CCCCC2. The quantitative estimate of drug-likeness (QED) is 0.843. The van der Waals surface area contributed by atoms with E-state index >= 15 is 0 Å². The number of amides is 1. The highest BCUT2D eigenvalue weighted by Gasteiger charge is 2.22. The first kappa shape index (κ1) is 15.0. The van der Waals surface area contributed by atoms with Crippen LogP contribution in [0.5, 0.6) is 11.5 Å². The second-order valence-electron chi connectivity index (χ2n) is 5.90. The number of thiophene rings is 1. The summed E-state index contributed by atoms with van der Waals surface area (Å²) in [5.74, 6) is 0.985. The highest BCUT2D eigenvalue weighted by atomic mass is 32.1. The predicted molar refractivity (Wildman–Crippen MR) is 90.8 cm³/mol. The number of nitriles is 1. The molecule has 1 amide bonds. The van der Waals surface area contributed by atoms with E-state index in [9.17, 15) is 10.1 Å². The fourth-order valence-electron chi connectivity index (χ4n) is 3.16. The molecule has 1 aliphatic heterocycles. The number of nitrogens with one attached hydrogen (secondary N) is 1. The zero-order valence-electron chi connectivity index (χ0n) is 13.1. The van der Waals surface area contributed by atoms with Crippen LogP contribution < -0.4 is 14.8 Å². The summed E-state index contributed by atoms with van der Waals surface area (Å²) in [5.41, 5.74) is 2.25. The molecule has 0 unspecified atom stereocenters. The molecule has 1 aromatic carbocycles. The molecule has 4 rings (SSSR count). The summed E-state index contributed by atoms with van der Waals surface area (Å²) in [6.07, 6.45) is 5.37. The first-order chi connectivity index (χ1) is 11.8. The number of carbonyl (C=O) groups excluding carboxylic acids is 1. The first-order valence-electron chi connectivity index (χ1n) is 8.02. The number of hydrogen-bond acceptors (Lipinski definition) is 5. The van der Waals surface area contributed by atoms with Gasteiger partial charge in [-0.3, -0.25) is 4.79 Å². The van der Waals surface area contributed by atoms with Crippen LogP contribution in [0.1, 0.15) is 45.6 Å². The molecule has 2 heterocycles. The van der Waals surface area contributed by atoms with Gasteiger partial charge < -0.3 is 14.8 Å². The van der Waals surface area contributed by atoms with Gasteiger partial charge in [0.15, 0.2) is 11.5 Å². The molecule has 0 bridgehead atoms. The molecule has 0 fully saturated rings. The van der Waals surface area contributed by atoms with Gasteiger partial charge in [-0.1, -0.05) is 6.42 Å². The topological polar surface area (TPSA) is 71.4 Å². The third kappa shape index (κ3) is 2.61. The van der Waals surface area contributed by atoms with Gasteiger partial charge in [-0.05, 0) is 49.4 Å². The maximum atomic E-state index is 12.6. The first-order valence-corrected chi connectivity index (χ1v) is 8.83. The zero-order valence-corrected chi connectivity index (χ0v) is 13.9. The summed E-state index contributed by atoms with van der Waals surface area (Å²) in [4.78, 5) is 13.8. The summed E-state index contributed by atoms with van der Waals surface area (Å²) in [7, 11) is 0. The zero-order chi connectivity index (χ0) is 16.5. The van der Waals surface area contributed by atoms with Gasteiger partial charge >= 0.3 is 0 Å². The highest BCUT2D eigenvalue weighted by Crippen LogP contribution is 2.38. The van der Waals surface area contributed by atoms with E-state index in [1.807, 2.05) is 0 Å². The van der Waals surface area contributed by atoms with Crippen LogP contribution >= 0.6 is 11.3 Å². The van der Waals surface area contributed by atoms with Gasteiger partial charge in [0, 0.05) is 10.4 Å². The minimum atomic E-state index is -0.235. The van der Waals surface area contributed by atoms with Gasteiger partial charge in [-0.15, -0.1) is 11.3 Å². The summed E-state index contributed by atoms with van der Waals surface area (Å²) in [5, 5.41) is 13.1. The van der Waals surface area contributed by atoms with Crippen molar-refractivity contribution in [2.75, 3.05) is 12.1 Å². The van der Waals surface area contributed by atoms with Crippen molar-refractivity contribution < 1.29 is 14.3 Å². The van der Waals surface area contributed by atoms with Crippen LogP contribution in [0.4, 0.5) is 5.00 Å². The molecule has 6 heteroatoms. The Kier molecular flexibility index (Phi) is 3.87. The number of anilines is 1. The second-order valence-corrected chi connectivity index (χ2v) is 7.01. The molecule has 5 nitrogen and oxygen atoms in total. The summed E-state index contributed by atoms with van der Waals surface area (Å²) < 4.78 is 10.6. The summed E-state index contributed by atoms with van der Waals surface area (Å²) in [6.45, 7) is 0.177. The van der Waals surface area contributed by atoms with Gasteiger partial charge in [0.05, 0.1) is 5.56 Å². The number of aryl methyl sites for hydroxylation is 1. The van der Waals surface area contributed by atoms with Crippen molar-refractivity contribution in [2.45, 2.75) is 32.1 Å². The molecular formula is C18H16N2O3S. The lowest BCUT2D eigenvalue weighted by Gasteiger charge is -2.05. The minimum absolute atomic E-state index is 0.177. The number of ether oxygens (including phenoxy) is 2. The smallest absolute Gasteiger partial charge is 0.256 e. The third-order valence-corrected chi connectivity index (χ3v) is 5.60. The Balaban J connectivity index is 1.61. The Morgan fingerprint density at radius 1 is 1.17 bits per heavy atom. The van der Waals surface area contributed by atoms with Crippen molar-refractivity contribution in [3.05, 3.63) is 39.8 Å². The minimum Gasteiger partial charge on any atom is -0.454 e. The molecule has 0 radical (unpaired) electrons. The second kappa shape index (κ2) is 6.17. The number of benzene rings is 1. The molecule has 1 aliphatic carbocycles. The van der Waals surface area contributed by atoms with Gasteiger partial charge in [0.2, 0.25) is 6.79 Å². The van der Waals surface area contributed by atoms with Crippen molar-refractivity contribution in [3.8, 4) is 17.6 Å². The van der Waals surface area contributed by atoms with E-state index in [0.717, 1.165) is 31.2 Å². The van der Waals surface area contributed by atoms with E-state index in [0.29, 0.717) is 27.6 Å². The molecule has 0 spiro atoms. The molecule has 0 saturated heterocycles. The number of fused-ring (bicyclic) bond motifs is 2. The van der Waals surface area contributed by atoms with Gasteiger partial charge in [0.25, 0.3) is 5.91 Å². The molecule has 0 atom stereocenters. The van der Waals surface area contributed by atoms with Crippen LogP contribution in [0.2, 0.25) is 0 Å². The van der Waals surface area contributed by atoms with E-state index in [1.165, 1.54) is 22.6 Å². The fraction of sp³-hybridized carbons (Fsp3) is 0.333. The lowest BCUT2D eigenvalue weighted by molar-refractivity contribution is 0.102. The van der Waals surface area contributed by atoms with E-state index in [-0.39, 0.29) is 12.7 Å². The van der Waals surface area contributed by atoms with E-state index in [1.54, 1.807) is 18.2 Å². The number of rotatable bonds is 2. The lowest BCUT2D eigenvalue weighted by atomic mass is 10.1. The highest BCUT2D eigenvalue weighted by molar-refractivity contribution is 7.16. The van der Waals surface area contributed by atoms with Crippen LogP contribution in [-0.2, 0) is 12.8 Å². The molecule has 24 heavy (non-hydrogen) atoms. The van der Waals surface area contributed by atoms with E-state index in [2.05, 4.69) is 11.4 Å². The van der Waals surface area contributed by atoms with E-state index < -0.39 is 0 Å². The number of carbonyl (C=O) groups is 1. The standard InChI is InChI=1S/C18H16N2O3S/c19-9-13-12-4-2-1-3-5-16(12)24-18(13)20-17(21)11-6-7-14-15(8-11)23-10-22-14/h6-8H,1-5,10H2,(H,20,21). The van der Waals surface area contributed by atoms with Crippen molar-refractivity contribution in [1.82, 2.24) is 0 Å². The largest absolute Gasteiger partial charge is 0.454 e.